The van der Waals surface area contributed by atoms with Crippen molar-refractivity contribution in [2.45, 2.75) is 43.9 Å². The second kappa shape index (κ2) is 5.92. The monoisotopic (exact) mass is 242 g/mol. The van der Waals surface area contributed by atoms with E-state index in [1.165, 1.54) is 18.6 Å². The second-order valence-electron chi connectivity index (χ2n) is 4.67. The van der Waals surface area contributed by atoms with Crippen LogP contribution < -0.4 is 5.32 Å². The number of rotatable bonds is 4. The number of nitrogens with one attached hydrogen (secondary N) is 1. The molecule has 4 heteroatoms. The highest BCUT2D eigenvalue weighted by atomic mass is 32.2. The molecule has 2 aliphatic rings. The van der Waals surface area contributed by atoms with Crippen molar-refractivity contribution in [2.24, 2.45) is 0 Å². The molecule has 92 valence electrons. The molecule has 2 fully saturated rings. The van der Waals surface area contributed by atoms with Gasteiger partial charge in [0.1, 0.15) is 0 Å². The van der Waals surface area contributed by atoms with Gasteiger partial charge in [0.15, 0.2) is 0 Å². The first-order valence-corrected chi connectivity index (χ1v) is 7.50. The van der Waals surface area contributed by atoms with Gasteiger partial charge < -0.3 is 10.2 Å². The number of hydrogen-bond acceptors (Lipinski definition) is 3. The van der Waals surface area contributed by atoms with Crippen molar-refractivity contribution in [3.63, 3.8) is 0 Å². The number of likely N-dealkylation sites (N-methyl/N-ethyl adjacent to an activating group) is 1. The lowest BCUT2D eigenvalue weighted by Gasteiger charge is -2.34. The fourth-order valence-electron chi connectivity index (χ4n) is 2.59. The van der Waals surface area contributed by atoms with E-state index in [1.54, 1.807) is 0 Å². The number of hydrogen-bond donors (Lipinski definition) is 1. The van der Waals surface area contributed by atoms with E-state index in [-0.39, 0.29) is 6.04 Å². The number of nitrogens with zero attached hydrogens (tertiary/aromatic N) is 1. The zero-order chi connectivity index (χ0) is 11.4. The molecule has 0 aromatic rings. The molecule has 2 unspecified atom stereocenters. The van der Waals surface area contributed by atoms with Gasteiger partial charge in [0.2, 0.25) is 5.91 Å². The molecular weight excluding hydrogens is 220 g/mol. The van der Waals surface area contributed by atoms with Gasteiger partial charge in [0.05, 0.1) is 6.04 Å². The largest absolute Gasteiger partial charge is 0.340 e. The van der Waals surface area contributed by atoms with Crippen LogP contribution in [0.25, 0.3) is 0 Å². The summed E-state index contributed by atoms with van der Waals surface area (Å²) in [5, 5.41) is 3.99. The van der Waals surface area contributed by atoms with Crippen LogP contribution in [0, 0.1) is 0 Å². The third-order valence-electron chi connectivity index (χ3n) is 3.43. The predicted octanol–water partition coefficient (Wildman–Crippen LogP) is 1.48. The van der Waals surface area contributed by atoms with Crippen molar-refractivity contribution in [2.75, 3.05) is 25.4 Å². The Morgan fingerprint density at radius 1 is 1.44 bits per heavy atom. The van der Waals surface area contributed by atoms with Gasteiger partial charge in [0, 0.05) is 18.3 Å². The van der Waals surface area contributed by atoms with E-state index in [9.17, 15) is 4.79 Å². The van der Waals surface area contributed by atoms with E-state index in [2.05, 4.69) is 17.1 Å². The molecule has 0 aliphatic carbocycles. The lowest BCUT2D eigenvalue weighted by atomic mass is 10.0. The van der Waals surface area contributed by atoms with Crippen LogP contribution in [0.4, 0.5) is 0 Å². The Hall–Kier alpha value is -0.220. The van der Waals surface area contributed by atoms with E-state index < -0.39 is 0 Å². The highest BCUT2D eigenvalue weighted by Crippen LogP contribution is 2.27. The molecule has 0 bridgehead atoms. The lowest BCUT2D eigenvalue weighted by Crippen LogP contribution is -2.52. The van der Waals surface area contributed by atoms with Crippen LogP contribution in [0.1, 0.15) is 32.6 Å². The number of carbonyl (C=O) groups excluding carboxylic acids is 1. The van der Waals surface area contributed by atoms with Gasteiger partial charge in [-0.15, -0.1) is 0 Å². The summed E-state index contributed by atoms with van der Waals surface area (Å²) in [6, 6.07) is 0.0881. The van der Waals surface area contributed by atoms with Crippen LogP contribution in [0.15, 0.2) is 0 Å². The molecule has 0 radical (unpaired) electrons. The lowest BCUT2D eigenvalue weighted by molar-refractivity contribution is -0.135. The van der Waals surface area contributed by atoms with Gasteiger partial charge >= 0.3 is 0 Å². The van der Waals surface area contributed by atoms with Crippen LogP contribution >= 0.6 is 11.8 Å². The molecule has 16 heavy (non-hydrogen) atoms. The normalized spacial score (nSPS) is 31.1. The molecular formula is C12H22N2OS. The molecule has 0 aromatic carbocycles. The van der Waals surface area contributed by atoms with Gasteiger partial charge in [-0.25, -0.2) is 0 Å². The molecule has 2 rings (SSSR count). The molecule has 1 amide bonds. The zero-order valence-electron chi connectivity index (χ0n) is 10.1. The smallest absolute Gasteiger partial charge is 0.239 e. The van der Waals surface area contributed by atoms with Crippen LogP contribution in [-0.2, 0) is 4.79 Å². The molecule has 0 saturated carbocycles. The minimum absolute atomic E-state index is 0.0881. The summed E-state index contributed by atoms with van der Waals surface area (Å²) in [6.07, 6.45) is 4.79. The Bertz CT molecular complexity index is 239. The molecule has 2 aliphatic heterocycles. The Morgan fingerprint density at radius 3 is 3.00 bits per heavy atom. The van der Waals surface area contributed by atoms with Crippen LogP contribution in [0.5, 0.6) is 0 Å². The van der Waals surface area contributed by atoms with E-state index in [4.69, 9.17) is 0 Å². The van der Waals surface area contributed by atoms with Crippen molar-refractivity contribution in [1.29, 1.82) is 0 Å². The summed E-state index contributed by atoms with van der Waals surface area (Å²) in [7, 11) is 0. The maximum absolute atomic E-state index is 12.2. The van der Waals surface area contributed by atoms with Crippen molar-refractivity contribution >= 4 is 17.7 Å². The van der Waals surface area contributed by atoms with Gasteiger partial charge in [-0.2, -0.15) is 11.8 Å². The van der Waals surface area contributed by atoms with E-state index in [0.717, 1.165) is 32.5 Å². The second-order valence-corrected chi connectivity index (χ2v) is 6.08. The van der Waals surface area contributed by atoms with E-state index in [0.29, 0.717) is 11.2 Å². The van der Waals surface area contributed by atoms with E-state index >= 15 is 0 Å². The number of thioether (sulfide) groups is 1. The van der Waals surface area contributed by atoms with Crippen LogP contribution in [0.2, 0.25) is 0 Å². The first kappa shape index (κ1) is 12.2. The van der Waals surface area contributed by atoms with Gasteiger partial charge in [-0.3, -0.25) is 4.79 Å². The third-order valence-corrected chi connectivity index (χ3v) is 4.81. The van der Waals surface area contributed by atoms with Gasteiger partial charge in [-0.05, 0) is 38.0 Å². The van der Waals surface area contributed by atoms with Gasteiger partial charge in [0.25, 0.3) is 0 Å². The first-order chi connectivity index (χ1) is 7.81. The Kier molecular flexibility index (Phi) is 4.53. The molecule has 0 aromatic heterocycles. The highest BCUT2D eigenvalue weighted by Gasteiger charge is 2.30. The van der Waals surface area contributed by atoms with Crippen molar-refractivity contribution in [3.05, 3.63) is 0 Å². The standard InChI is InChI=1S/C12H22N2OS/c1-2-13-11-6-3-7-14(12(11)15)9-10-5-4-8-16-10/h10-11,13H,2-9H2,1H3. The number of likely N-dealkylation sites (tertiary alicyclic amines) is 1. The topological polar surface area (TPSA) is 32.3 Å². The predicted molar refractivity (Wildman–Crippen MR) is 68.8 cm³/mol. The SMILES string of the molecule is CCNC1CCCN(CC2CCCS2)C1=O. The maximum Gasteiger partial charge on any atom is 0.239 e. The fourth-order valence-corrected chi connectivity index (χ4v) is 3.88. The Balaban J connectivity index is 1.85. The summed E-state index contributed by atoms with van der Waals surface area (Å²) in [4.78, 5) is 14.2. The van der Waals surface area contributed by atoms with Crippen molar-refractivity contribution in [3.8, 4) is 0 Å². The summed E-state index contributed by atoms with van der Waals surface area (Å²) < 4.78 is 0. The van der Waals surface area contributed by atoms with Crippen molar-refractivity contribution < 1.29 is 4.79 Å². The zero-order valence-corrected chi connectivity index (χ0v) is 10.9. The molecule has 0 spiro atoms. The maximum atomic E-state index is 12.2. The average Bonchev–Trinajstić information content (AvgIpc) is 2.77. The number of amides is 1. The summed E-state index contributed by atoms with van der Waals surface area (Å²) >= 11 is 2.04. The molecule has 2 heterocycles. The number of carbonyl (C=O) groups is 1. The molecule has 1 N–H and O–H groups in total. The minimum atomic E-state index is 0.0881. The van der Waals surface area contributed by atoms with Crippen LogP contribution in [-0.4, -0.2) is 47.5 Å². The summed E-state index contributed by atoms with van der Waals surface area (Å²) in [5.41, 5.74) is 0. The molecule has 2 saturated heterocycles. The Morgan fingerprint density at radius 2 is 2.31 bits per heavy atom. The molecule has 3 nitrogen and oxygen atoms in total. The minimum Gasteiger partial charge on any atom is -0.340 e. The summed E-state index contributed by atoms with van der Waals surface area (Å²) in [6.45, 7) is 4.91. The highest BCUT2D eigenvalue weighted by molar-refractivity contribution is 8.00. The summed E-state index contributed by atoms with van der Waals surface area (Å²) in [5.74, 6) is 1.61. The fraction of sp³-hybridized carbons (Fsp3) is 0.917. The first-order valence-electron chi connectivity index (χ1n) is 6.45. The third kappa shape index (κ3) is 2.92. The quantitative estimate of drug-likeness (QED) is 0.810. The van der Waals surface area contributed by atoms with Gasteiger partial charge in [-0.1, -0.05) is 6.92 Å². The van der Waals surface area contributed by atoms with Crippen LogP contribution in [0.3, 0.4) is 0 Å². The van der Waals surface area contributed by atoms with E-state index in [1.807, 2.05) is 11.8 Å². The number of piperidine rings is 1. The molecule has 2 atom stereocenters. The van der Waals surface area contributed by atoms with Crippen molar-refractivity contribution in [1.82, 2.24) is 10.2 Å². The Labute approximate surface area is 102 Å². The average molecular weight is 242 g/mol.